The van der Waals surface area contributed by atoms with E-state index in [0.29, 0.717) is 38.9 Å². The Morgan fingerprint density at radius 1 is 1.00 bits per heavy atom. The van der Waals surface area contributed by atoms with Crippen molar-refractivity contribution in [2.45, 2.75) is 57.2 Å². The predicted octanol–water partition coefficient (Wildman–Crippen LogP) is 2.91. The monoisotopic (exact) mass is 499 g/mol. The van der Waals surface area contributed by atoms with Crippen molar-refractivity contribution in [3.05, 3.63) is 71.3 Å². The molecule has 7 nitrogen and oxygen atoms in total. The van der Waals surface area contributed by atoms with E-state index in [1.165, 1.54) is 11.1 Å². The highest BCUT2D eigenvalue weighted by Crippen LogP contribution is 2.36. The van der Waals surface area contributed by atoms with E-state index in [2.05, 4.69) is 22.8 Å². The Labute approximate surface area is 212 Å². The van der Waals surface area contributed by atoms with Gasteiger partial charge in [0.05, 0.1) is 11.5 Å². The van der Waals surface area contributed by atoms with Gasteiger partial charge in [-0.05, 0) is 41.9 Å². The minimum absolute atomic E-state index is 0. The SMILES string of the molecule is CC(C)[C@@H](NC(=O)C1(c2ccccc2)CCN(C(=O)[C@@H]2Cc3ccccc3CN2)CC1)C(=O)O.Cl. The van der Waals surface area contributed by atoms with Gasteiger partial charge < -0.3 is 20.6 Å². The number of halogens is 1. The molecule has 0 aromatic heterocycles. The molecule has 1 saturated heterocycles. The number of amides is 2. The summed E-state index contributed by atoms with van der Waals surface area (Å²) in [4.78, 5) is 40.5. The number of benzene rings is 2. The fourth-order valence-corrected chi connectivity index (χ4v) is 5.16. The highest BCUT2D eigenvalue weighted by Gasteiger charge is 2.45. The maximum Gasteiger partial charge on any atom is 0.326 e. The number of hydrogen-bond acceptors (Lipinski definition) is 4. The second-order valence-corrected chi connectivity index (χ2v) is 9.71. The highest BCUT2D eigenvalue weighted by molar-refractivity contribution is 5.92. The van der Waals surface area contributed by atoms with Crippen LogP contribution in [0.5, 0.6) is 0 Å². The normalized spacial score (nSPS) is 19.7. The third-order valence-corrected chi connectivity index (χ3v) is 7.29. The van der Waals surface area contributed by atoms with Gasteiger partial charge in [0.2, 0.25) is 11.8 Å². The van der Waals surface area contributed by atoms with Gasteiger partial charge in [0.15, 0.2) is 0 Å². The van der Waals surface area contributed by atoms with Crippen molar-refractivity contribution in [1.29, 1.82) is 0 Å². The summed E-state index contributed by atoms with van der Waals surface area (Å²) in [5, 5.41) is 15.8. The fourth-order valence-electron chi connectivity index (χ4n) is 5.16. The first-order valence-corrected chi connectivity index (χ1v) is 12.0. The molecule has 0 saturated carbocycles. The molecule has 1 fully saturated rings. The van der Waals surface area contributed by atoms with Crippen LogP contribution in [-0.2, 0) is 32.8 Å². The fraction of sp³-hybridized carbons (Fsp3) is 0.444. The number of nitrogens with one attached hydrogen (secondary N) is 2. The number of nitrogens with zero attached hydrogens (tertiary/aromatic N) is 1. The number of likely N-dealkylation sites (tertiary alicyclic amines) is 1. The van der Waals surface area contributed by atoms with E-state index in [9.17, 15) is 19.5 Å². The molecule has 4 rings (SSSR count). The number of fused-ring (bicyclic) bond motifs is 1. The number of carbonyl (C=O) groups is 3. The lowest BCUT2D eigenvalue weighted by molar-refractivity contribution is -0.145. The first kappa shape index (κ1) is 26.7. The number of rotatable bonds is 6. The molecular weight excluding hydrogens is 466 g/mol. The molecule has 0 radical (unpaired) electrons. The molecule has 2 aliphatic rings. The van der Waals surface area contributed by atoms with Crippen molar-refractivity contribution in [2.24, 2.45) is 5.92 Å². The van der Waals surface area contributed by atoms with Crippen molar-refractivity contribution < 1.29 is 19.5 Å². The van der Waals surface area contributed by atoms with Gasteiger partial charge in [-0.3, -0.25) is 9.59 Å². The molecule has 2 heterocycles. The zero-order valence-corrected chi connectivity index (χ0v) is 21.0. The molecule has 188 valence electrons. The van der Waals surface area contributed by atoms with Crippen molar-refractivity contribution in [1.82, 2.24) is 15.5 Å². The third-order valence-electron chi connectivity index (χ3n) is 7.29. The van der Waals surface area contributed by atoms with Gasteiger partial charge in [-0.1, -0.05) is 68.4 Å². The number of aliphatic carboxylic acids is 1. The maximum atomic E-state index is 13.6. The van der Waals surface area contributed by atoms with Crippen molar-refractivity contribution in [3.63, 3.8) is 0 Å². The standard InChI is InChI=1S/C27H33N3O4.ClH/c1-18(2)23(25(32)33)29-26(34)27(21-10-4-3-5-11-21)12-14-30(15-13-27)24(31)22-16-19-8-6-7-9-20(19)17-28-22;/h3-11,18,22-23,28H,12-17H2,1-2H3,(H,29,34)(H,32,33);1H/t22-,23+;/m0./s1. The number of hydrogen-bond donors (Lipinski definition) is 3. The second kappa shape index (κ2) is 11.2. The molecule has 2 aromatic carbocycles. The summed E-state index contributed by atoms with van der Waals surface area (Å²) >= 11 is 0. The molecular formula is C27H34ClN3O4. The summed E-state index contributed by atoms with van der Waals surface area (Å²) in [6, 6.07) is 16.5. The van der Waals surface area contributed by atoms with Crippen LogP contribution >= 0.6 is 12.4 Å². The van der Waals surface area contributed by atoms with Crippen LogP contribution in [0.1, 0.15) is 43.4 Å². The largest absolute Gasteiger partial charge is 0.480 e. The molecule has 35 heavy (non-hydrogen) atoms. The molecule has 0 spiro atoms. The molecule has 0 unspecified atom stereocenters. The average molecular weight is 500 g/mol. The summed E-state index contributed by atoms with van der Waals surface area (Å²) in [7, 11) is 0. The molecule has 0 bridgehead atoms. The van der Waals surface area contributed by atoms with Crippen LogP contribution in [0.3, 0.4) is 0 Å². The first-order chi connectivity index (χ1) is 16.3. The molecule has 8 heteroatoms. The first-order valence-electron chi connectivity index (χ1n) is 12.0. The predicted molar refractivity (Wildman–Crippen MR) is 136 cm³/mol. The topological polar surface area (TPSA) is 98.7 Å². The van der Waals surface area contributed by atoms with E-state index < -0.39 is 17.4 Å². The smallest absolute Gasteiger partial charge is 0.326 e. The van der Waals surface area contributed by atoms with Crippen LogP contribution in [0.15, 0.2) is 54.6 Å². The van der Waals surface area contributed by atoms with Crippen LogP contribution in [0.2, 0.25) is 0 Å². The molecule has 2 aromatic rings. The lowest BCUT2D eigenvalue weighted by atomic mass is 9.71. The van der Waals surface area contributed by atoms with Crippen LogP contribution in [0.25, 0.3) is 0 Å². The average Bonchev–Trinajstić information content (AvgIpc) is 2.86. The van der Waals surface area contributed by atoms with E-state index in [-0.39, 0.29) is 36.2 Å². The zero-order chi connectivity index (χ0) is 24.3. The minimum Gasteiger partial charge on any atom is -0.480 e. The Kier molecular flexibility index (Phi) is 8.56. The lowest BCUT2D eigenvalue weighted by Crippen LogP contribution is -2.58. The molecule has 0 aliphatic carbocycles. The lowest BCUT2D eigenvalue weighted by Gasteiger charge is -2.43. The van der Waals surface area contributed by atoms with Gasteiger partial charge in [0, 0.05) is 19.6 Å². The van der Waals surface area contributed by atoms with Gasteiger partial charge in [-0.2, -0.15) is 0 Å². The Hall–Kier alpha value is -2.90. The summed E-state index contributed by atoms with van der Waals surface area (Å²) in [5.74, 6) is -1.50. The third kappa shape index (κ3) is 5.52. The minimum atomic E-state index is -1.04. The van der Waals surface area contributed by atoms with E-state index >= 15 is 0 Å². The Bertz CT molecular complexity index is 1050. The van der Waals surface area contributed by atoms with Crippen LogP contribution < -0.4 is 10.6 Å². The molecule has 2 amide bonds. The Balaban J connectivity index is 0.00000342. The van der Waals surface area contributed by atoms with E-state index in [0.717, 1.165) is 5.56 Å². The number of carbonyl (C=O) groups excluding carboxylic acids is 2. The van der Waals surface area contributed by atoms with Gasteiger partial charge in [-0.25, -0.2) is 4.79 Å². The maximum absolute atomic E-state index is 13.6. The summed E-state index contributed by atoms with van der Waals surface area (Å²) in [5.41, 5.74) is 2.41. The number of piperidine rings is 1. The molecule has 2 atom stereocenters. The van der Waals surface area contributed by atoms with Gasteiger partial charge >= 0.3 is 5.97 Å². The summed E-state index contributed by atoms with van der Waals surface area (Å²) in [6.45, 7) is 5.12. The van der Waals surface area contributed by atoms with Gasteiger partial charge in [-0.15, -0.1) is 12.4 Å². The van der Waals surface area contributed by atoms with E-state index in [1.54, 1.807) is 13.8 Å². The summed E-state index contributed by atoms with van der Waals surface area (Å²) in [6.07, 6.45) is 1.55. The van der Waals surface area contributed by atoms with Crippen LogP contribution in [0, 0.1) is 5.92 Å². The van der Waals surface area contributed by atoms with Gasteiger partial charge in [0.25, 0.3) is 0 Å². The molecule has 3 N–H and O–H groups in total. The van der Waals surface area contributed by atoms with Crippen molar-refractivity contribution in [3.8, 4) is 0 Å². The number of carboxylic acid groups (broad SMARTS) is 1. The quantitative estimate of drug-likeness (QED) is 0.567. The van der Waals surface area contributed by atoms with Crippen molar-refractivity contribution >= 4 is 30.2 Å². The zero-order valence-electron chi connectivity index (χ0n) is 20.2. The van der Waals surface area contributed by atoms with E-state index in [1.807, 2.05) is 47.4 Å². The van der Waals surface area contributed by atoms with E-state index in [4.69, 9.17) is 0 Å². The Morgan fingerprint density at radius 2 is 1.60 bits per heavy atom. The van der Waals surface area contributed by atoms with Crippen LogP contribution in [-0.4, -0.2) is 53.0 Å². The van der Waals surface area contributed by atoms with Crippen molar-refractivity contribution in [2.75, 3.05) is 13.1 Å². The second-order valence-electron chi connectivity index (χ2n) is 9.71. The van der Waals surface area contributed by atoms with Crippen LogP contribution in [0.4, 0.5) is 0 Å². The Morgan fingerprint density at radius 3 is 2.20 bits per heavy atom. The summed E-state index contributed by atoms with van der Waals surface area (Å²) < 4.78 is 0. The highest BCUT2D eigenvalue weighted by atomic mass is 35.5. The molecule has 2 aliphatic heterocycles. The van der Waals surface area contributed by atoms with Gasteiger partial charge in [0.1, 0.15) is 6.04 Å². The number of carboxylic acids is 1.